The SMILES string of the molecule is CC(C)CCOCCNC(C)Cc1ccco1. The number of furan rings is 1. The summed E-state index contributed by atoms with van der Waals surface area (Å²) in [5.74, 6) is 1.76. The first-order valence-electron chi connectivity index (χ1n) is 6.52. The van der Waals surface area contributed by atoms with E-state index in [2.05, 4.69) is 26.1 Å². The molecule has 1 heterocycles. The molecular formula is C14H25NO2. The van der Waals surface area contributed by atoms with Gasteiger partial charge in [-0.25, -0.2) is 0 Å². The molecule has 1 aromatic rings. The molecule has 0 fully saturated rings. The summed E-state index contributed by atoms with van der Waals surface area (Å²) in [5.41, 5.74) is 0. The summed E-state index contributed by atoms with van der Waals surface area (Å²) in [6.45, 7) is 9.15. The van der Waals surface area contributed by atoms with Crippen LogP contribution in [-0.2, 0) is 11.2 Å². The van der Waals surface area contributed by atoms with Crippen LogP contribution >= 0.6 is 0 Å². The second-order valence-corrected chi connectivity index (χ2v) is 4.93. The van der Waals surface area contributed by atoms with Crippen molar-refractivity contribution in [1.29, 1.82) is 0 Å². The lowest BCUT2D eigenvalue weighted by molar-refractivity contribution is 0.123. The molecule has 0 aliphatic heterocycles. The van der Waals surface area contributed by atoms with Crippen molar-refractivity contribution in [3.8, 4) is 0 Å². The highest BCUT2D eigenvalue weighted by atomic mass is 16.5. The number of hydrogen-bond donors (Lipinski definition) is 1. The molecule has 0 saturated carbocycles. The smallest absolute Gasteiger partial charge is 0.105 e. The molecule has 0 spiro atoms. The minimum absolute atomic E-state index is 0.426. The summed E-state index contributed by atoms with van der Waals surface area (Å²) in [7, 11) is 0. The molecule has 0 aliphatic carbocycles. The Bertz CT molecular complexity index is 270. The summed E-state index contributed by atoms with van der Waals surface area (Å²) in [4.78, 5) is 0. The van der Waals surface area contributed by atoms with E-state index in [-0.39, 0.29) is 0 Å². The van der Waals surface area contributed by atoms with Crippen molar-refractivity contribution in [2.45, 2.75) is 39.7 Å². The molecule has 0 amide bonds. The minimum atomic E-state index is 0.426. The van der Waals surface area contributed by atoms with Gasteiger partial charge in [-0.1, -0.05) is 13.8 Å². The number of hydrogen-bond acceptors (Lipinski definition) is 3. The normalized spacial score (nSPS) is 13.2. The maximum Gasteiger partial charge on any atom is 0.105 e. The van der Waals surface area contributed by atoms with Gasteiger partial charge in [0.25, 0.3) is 0 Å². The zero-order chi connectivity index (χ0) is 12.5. The van der Waals surface area contributed by atoms with Crippen molar-refractivity contribution >= 4 is 0 Å². The van der Waals surface area contributed by atoms with Crippen molar-refractivity contribution < 1.29 is 9.15 Å². The van der Waals surface area contributed by atoms with Crippen LogP contribution in [-0.4, -0.2) is 25.8 Å². The maximum atomic E-state index is 5.54. The van der Waals surface area contributed by atoms with E-state index in [4.69, 9.17) is 9.15 Å². The van der Waals surface area contributed by atoms with Crippen LogP contribution in [0.4, 0.5) is 0 Å². The molecule has 1 N–H and O–H groups in total. The van der Waals surface area contributed by atoms with Gasteiger partial charge in [0.15, 0.2) is 0 Å². The molecule has 0 bridgehead atoms. The molecule has 1 atom stereocenters. The molecule has 1 unspecified atom stereocenters. The largest absolute Gasteiger partial charge is 0.469 e. The first kappa shape index (κ1) is 14.3. The van der Waals surface area contributed by atoms with E-state index < -0.39 is 0 Å². The average molecular weight is 239 g/mol. The van der Waals surface area contributed by atoms with Crippen molar-refractivity contribution in [2.24, 2.45) is 5.92 Å². The molecule has 0 aromatic carbocycles. The van der Waals surface area contributed by atoms with Gasteiger partial charge in [-0.3, -0.25) is 0 Å². The van der Waals surface area contributed by atoms with Gasteiger partial charge in [0.2, 0.25) is 0 Å². The van der Waals surface area contributed by atoms with Gasteiger partial charge in [-0.2, -0.15) is 0 Å². The van der Waals surface area contributed by atoms with Gasteiger partial charge in [-0.05, 0) is 31.4 Å². The monoisotopic (exact) mass is 239 g/mol. The fourth-order valence-electron chi connectivity index (χ4n) is 1.60. The van der Waals surface area contributed by atoms with Crippen molar-refractivity contribution in [3.63, 3.8) is 0 Å². The summed E-state index contributed by atoms with van der Waals surface area (Å²) < 4.78 is 10.8. The first-order chi connectivity index (χ1) is 8.18. The van der Waals surface area contributed by atoms with Crippen LogP contribution in [0.3, 0.4) is 0 Å². The summed E-state index contributed by atoms with van der Waals surface area (Å²) >= 11 is 0. The number of nitrogens with one attached hydrogen (secondary N) is 1. The molecule has 1 rings (SSSR count). The van der Waals surface area contributed by atoms with Crippen LogP contribution < -0.4 is 5.32 Å². The molecule has 0 radical (unpaired) electrons. The molecular weight excluding hydrogens is 214 g/mol. The second kappa shape index (κ2) is 8.31. The maximum absolute atomic E-state index is 5.54. The van der Waals surface area contributed by atoms with Gasteiger partial charge in [0.1, 0.15) is 5.76 Å². The number of ether oxygens (including phenoxy) is 1. The van der Waals surface area contributed by atoms with Gasteiger partial charge in [-0.15, -0.1) is 0 Å². The first-order valence-corrected chi connectivity index (χ1v) is 6.52. The highest BCUT2D eigenvalue weighted by Gasteiger charge is 2.04. The zero-order valence-electron chi connectivity index (χ0n) is 11.2. The molecule has 98 valence electrons. The molecule has 1 aromatic heterocycles. The number of rotatable bonds is 9. The Morgan fingerprint density at radius 3 is 2.76 bits per heavy atom. The Balaban J connectivity index is 1.95. The van der Waals surface area contributed by atoms with Gasteiger partial charge in [0.05, 0.1) is 12.9 Å². The van der Waals surface area contributed by atoms with Crippen LogP contribution in [0.15, 0.2) is 22.8 Å². The Kier molecular flexibility index (Phi) is 6.97. The van der Waals surface area contributed by atoms with E-state index in [1.54, 1.807) is 6.26 Å². The lowest BCUT2D eigenvalue weighted by atomic mass is 10.1. The Morgan fingerprint density at radius 1 is 1.29 bits per heavy atom. The molecule has 0 aliphatic rings. The highest BCUT2D eigenvalue weighted by Crippen LogP contribution is 2.03. The van der Waals surface area contributed by atoms with Crippen LogP contribution in [0.5, 0.6) is 0 Å². The Labute approximate surface area is 105 Å². The third-order valence-corrected chi connectivity index (χ3v) is 2.67. The molecule has 3 heteroatoms. The average Bonchev–Trinajstić information content (AvgIpc) is 2.75. The lowest BCUT2D eigenvalue weighted by Gasteiger charge is -2.12. The van der Waals surface area contributed by atoms with Crippen molar-refractivity contribution in [2.75, 3.05) is 19.8 Å². The Hall–Kier alpha value is -0.800. The predicted octanol–water partition coefficient (Wildman–Crippen LogP) is 2.86. The van der Waals surface area contributed by atoms with E-state index in [9.17, 15) is 0 Å². The fraction of sp³-hybridized carbons (Fsp3) is 0.714. The van der Waals surface area contributed by atoms with E-state index in [0.717, 1.165) is 44.3 Å². The van der Waals surface area contributed by atoms with Crippen LogP contribution in [0, 0.1) is 5.92 Å². The molecule has 3 nitrogen and oxygen atoms in total. The van der Waals surface area contributed by atoms with Crippen molar-refractivity contribution in [3.05, 3.63) is 24.2 Å². The third-order valence-electron chi connectivity index (χ3n) is 2.67. The third kappa shape index (κ3) is 7.18. The van der Waals surface area contributed by atoms with E-state index in [0.29, 0.717) is 6.04 Å². The van der Waals surface area contributed by atoms with E-state index in [1.807, 2.05) is 12.1 Å². The minimum Gasteiger partial charge on any atom is -0.469 e. The van der Waals surface area contributed by atoms with Gasteiger partial charge < -0.3 is 14.5 Å². The highest BCUT2D eigenvalue weighted by molar-refractivity contribution is 4.99. The predicted molar refractivity (Wildman–Crippen MR) is 70.2 cm³/mol. The fourth-order valence-corrected chi connectivity index (χ4v) is 1.60. The van der Waals surface area contributed by atoms with Gasteiger partial charge in [0, 0.05) is 25.6 Å². The zero-order valence-corrected chi connectivity index (χ0v) is 11.2. The van der Waals surface area contributed by atoms with Crippen LogP contribution in [0.1, 0.15) is 33.0 Å². The van der Waals surface area contributed by atoms with Crippen LogP contribution in [0.25, 0.3) is 0 Å². The van der Waals surface area contributed by atoms with E-state index >= 15 is 0 Å². The lowest BCUT2D eigenvalue weighted by Crippen LogP contribution is -2.31. The Morgan fingerprint density at radius 2 is 2.12 bits per heavy atom. The summed E-state index contributed by atoms with van der Waals surface area (Å²) in [6, 6.07) is 4.36. The van der Waals surface area contributed by atoms with Crippen LogP contribution in [0.2, 0.25) is 0 Å². The summed E-state index contributed by atoms with van der Waals surface area (Å²) in [5, 5.41) is 3.42. The molecule has 0 saturated heterocycles. The second-order valence-electron chi connectivity index (χ2n) is 4.93. The van der Waals surface area contributed by atoms with E-state index in [1.165, 1.54) is 0 Å². The van der Waals surface area contributed by atoms with Crippen molar-refractivity contribution in [1.82, 2.24) is 5.32 Å². The quantitative estimate of drug-likeness (QED) is 0.673. The summed E-state index contributed by atoms with van der Waals surface area (Å²) in [6.07, 6.45) is 3.79. The standard InChI is InChI=1S/C14H25NO2/c1-12(2)6-9-16-10-7-15-13(3)11-14-5-4-8-17-14/h4-5,8,12-13,15H,6-7,9-11H2,1-3H3. The topological polar surface area (TPSA) is 34.4 Å². The molecule has 17 heavy (non-hydrogen) atoms. The van der Waals surface area contributed by atoms with Gasteiger partial charge >= 0.3 is 0 Å².